The standard InChI is InChI=1S/C19H16/c1-2-4-6-8-12-18-16(10-7-5-3-1)14-15-17-11-9-13-19(17)18/h1-10,12-15H,11H2/b2-1+,3-1?,4-2?,5-3-,6-4-,7-5?,8-6?,10-7?,12-8+,16-10?,18-12?. The Kier molecular flexibility index (Phi) is 3.42. The van der Waals surface area contributed by atoms with E-state index in [9.17, 15) is 0 Å². The lowest BCUT2D eigenvalue weighted by Crippen LogP contribution is -1.90. The van der Waals surface area contributed by atoms with Gasteiger partial charge in [-0.05, 0) is 28.7 Å². The summed E-state index contributed by atoms with van der Waals surface area (Å²) < 4.78 is 0. The molecule has 0 atom stereocenters. The second kappa shape index (κ2) is 5.53. The number of hydrogen-bond acceptors (Lipinski definition) is 0. The van der Waals surface area contributed by atoms with Gasteiger partial charge in [0.25, 0.3) is 0 Å². The van der Waals surface area contributed by atoms with Crippen LogP contribution in [0.15, 0.2) is 66.8 Å². The molecule has 0 heteroatoms. The summed E-state index contributed by atoms with van der Waals surface area (Å²) in [6, 6.07) is 4.44. The first-order chi connectivity index (χ1) is 9.45. The molecule has 0 amide bonds. The molecule has 92 valence electrons. The molecule has 2 aliphatic carbocycles. The van der Waals surface area contributed by atoms with Gasteiger partial charge in [0.2, 0.25) is 0 Å². The zero-order chi connectivity index (χ0) is 12.9. The summed E-state index contributed by atoms with van der Waals surface area (Å²) in [6.07, 6.45) is 26.4. The number of hydrogen-bond donors (Lipinski definition) is 0. The molecular weight excluding hydrogens is 228 g/mol. The molecule has 0 aliphatic heterocycles. The topological polar surface area (TPSA) is 0 Å². The zero-order valence-electron chi connectivity index (χ0n) is 10.8. The third-order valence-electron chi connectivity index (χ3n) is 3.35. The van der Waals surface area contributed by atoms with Gasteiger partial charge in [-0.25, -0.2) is 0 Å². The van der Waals surface area contributed by atoms with Crippen LogP contribution in [0.4, 0.5) is 0 Å². The third kappa shape index (κ3) is 2.58. The van der Waals surface area contributed by atoms with Gasteiger partial charge < -0.3 is 0 Å². The van der Waals surface area contributed by atoms with Gasteiger partial charge in [-0.2, -0.15) is 0 Å². The minimum Gasteiger partial charge on any atom is -0.0795 e. The van der Waals surface area contributed by atoms with Crippen LogP contribution in [0.5, 0.6) is 0 Å². The lowest BCUT2D eigenvalue weighted by molar-refractivity contribution is 1.30. The van der Waals surface area contributed by atoms with Gasteiger partial charge in [0, 0.05) is 0 Å². The van der Waals surface area contributed by atoms with Crippen LogP contribution < -0.4 is 0 Å². The average molecular weight is 244 g/mol. The first-order valence-electron chi connectivity index (χ1n) is 6.62. The van der Waals surface area contributed by atoms with Gasteiger partial charge >= 0.3 is 0 Å². The Hall–Kier alpha value is -2.34. The molecule has 0 saturated carbocycles. The smallest absolute Gasteiger partial charge is 0.00879 e. The summed E-state index contributed by atoms with van der Waals surface area (Å²) in [6.45, 7) is 0. The highest BCUT2D eigenvalue weighted by Gasteiger charge is 2.10. The highest BCUT2D eigenvalue weighted by Crippen LogP contribution is 2.28. The molecule has 3 rings (SSSR count). The van der Waals surface area contributed by atoms with Crippen molar-refractivity contribution < 1.29 is 0 Å². The van der Waals surface area contributed by atoms with Crippen LogP contribution in [0.3, 0.4) is 0 Å². The van der Waals surface area contributed by atoms with Crippen LogP contribution in [0, 0.1) is 0 Å². The highest BCUT2D eigenvalue weighted by molar-refractivity contribution is 5.78. The van der Waals surface area contributed by atoms with E-state index in [1.54, 1.807) is 0 Å². The van der Waals surface area contributed by atoms with Crippen molar-refractivity contribution in [2.24, 2.45) is 0 Å². The number of rotatable bonds is 0. The van der Waals surface area contributed by atoms with Gasteiger partial charge in [-0.3, -0.25) is 0 Å². The second-order valence-electron chi connectivity index (χ2n) is 4.62. The Morgan fingerprint density at radius 2 is 1.26 bits per heavy atom. The Labute approximate surface area is 114 Å². The molecule has 19 heavy (non-hydrogen) atoms. The van der Waals surface area contributed by atoms with Crippen molar-refractivity contribution in [1.82, 2.24) is 0 Å². The van der Waals surface area contributed by atoms with E-state index < -0.39 is 0 Å². The predicted octanol–water partition coefficient (Wildman–Crippen LogP) is 4.96. The monoisotopic (exact) mass is 244 g/mol. The SMILES string of the molecule is C1=Cc2ccc3c(c2/C=C/C=C\C=C\C=C/1)C=CC3. The van der Waals surface area contributed by atoms with E-state index in [4.69, 9.17) is 0 Å². The fourth-order valence-corrected chi connectivity index (χ4v) is 2.40. The lowest BCUT2D eigenvalue weighted by Gasteiger charge is -2.08. The molecule has 2 aliphatic rings. The predicted molar refractivity (Wildman–Crippen MR) is 84.7 cm³/mol. The maximum absolute atomic E-state index is 2.23. The van der Waals surface area contributed by atoms with E-state index in [0.717, 1.165) is 6.42 Å². The van der Waals surface area contributed by atoms with Crippen molar-refractivity contribution >= 4 is 18.2 Å². The van der Waals surface area contributed by atoms with Crippen LogP contribution in [-0.4, -0.2) is 0 Å². The maximum Gasteiger partial charge on any atom is -0.00879 e. The summed E-state index contributed by atoms with van der Waals surface area (Å²) in [5.74, 6) is 0. The normalized spacial score (nSPS) is 22.7. The quantitative estimate of drug-likeness (QED) is 0.604. The number of benzene rings is 1. The fraction of sp³-hybridized carbons (Fsp3) is 0.0526. The molecule has 0 nitrogen and oxygen atoms in total. The van der Waals surface area contributed by atoms with Crippen LogP contribution in [0.2, 0.25) is 0 Å². The van der Waals surface area contributed by atoms with Crippen LogP contribution >= 0.6 is 0 Å². The van der Waals surface area contributed by atoms with Crippen molar-refractivity contribution in [3.63, 3.8) is 0 Å². The zero-order valence-corrected chi connectivity index (χ0v) is 10.8. The minimum atomic E-state index is 1.05. The van der Waals surface area contributed by atoms with Gasteiger partial charge in [-0.15, -0.1) is 0 Å². The second-order valence-corrected chi connectivity index (χ2v) is 4.62. The number of fused-ring (bicyclic) bond motifs is 3. The first kappa shape index (κ1) is 11.7. The van der Waals surface area contributed by atoms with Crippen molar-refractivity contribution in [1.29, 1.82) is 0 Å². The molecule has 0 spiro atoms. The Morgan fingerprint density at radius 3 is 2.05 bits per heavy atom. The molecule has 0 bridgehead atoms. The van der Waals surface area contributed by atoms with Gasteiger partial charge in [0.1, 0.15) is 0 Å². The summed E-state index contributed by atoms with van der Waals surface area (Å²) in [7, 11) is 0. The fourth-order valence-electron chi connectivity index (χ4n) is 2.40. The maximum atomic E-state index is 2.23. The van der Waals surface area contributed by atoms with Crippen molar-refractivity contribution in [3.8, 4) is 0 Å². The summed E-state index contributed by atoms with van der Waals surface area (Å²) in [5.41, 5.74) is 5.36. The summed E-state index contributed by atoms with van der Waals surface area (Å²) in [4.78, 5) is 0. The van der Waals surface area contributed by atoms with Crippen molar-refractivity contribution in [2.75, 3.05) is 0 Å². The molecule has 0 unspecified atom stereocenters. The van der Waals surface area contributed by atoms with Gasteiger partial charge in [0.05, 0.1) is 0 Å². The molecule has 0 heterocycles. The van der Waals surface area contributed by atoms with Gasteiger partial charge in [-0.1, -0.05) is 85.0 Å². The largest absolute Gasteiger partial charge is 0.0795 e. The molecule has 0 radical (unpaired) electrons. The Balaban J connectivity index is 2.12. The van der Waals surface area contributed by atoms with E-state index in [-0.39, 0.29) is 0 Å². The van der Waals surface area contributed by atoms with Crippen LogP contribution in [0.1, 0.15) is 22.3 Å². The molecular formula is C19H16. The van der Waals surface area contributed by atoms with E-state index in [1.165, 1.54) is 22.3 Å². The summed E-state index contributed by atoms with van der Waals surface area (Å²) >= 11 is 0. The van der Waals surface area contributed by atoms with E-state index in [2.05, 4.69) is 60.7 Å². The lowest BCUT2D eigenvalue weighted by atomic mass is 9.96. The Bertz CT molecular complexity index is 647. The molecule has 1 aromatic rings. The molecule has 0 N–H and O–H groups in total. The minimum absolute atomic E-state index is 1.05. The first-order valence-corrected chi connectivity index (χ1v) is 6.62. The average Bonchev–Trinajstić information content (AvgIpc) is 2.88. The van der Waals surface area contributed by atoms with Crippen molar-refractivity contribution in [3.05, 3.63) is 89.1 Å². The van der Waals surface area contributed by atoms with Crippen LogP contribution in [0.25, 0.3) is 18.2 Å². The third-order valence-corrected chi connectivity index (χ3v) is 3.35. The molecule has 0 fully saturated rings. The molecule has 0 saturated heterocycles. The van der Waals surface area contributed by atoms with Crippen LogP contribution in [-0.2, 0) is 6.42 Å². The van der Waals surface area contributed by atoms with E-state index in [1.807, 2.05) is 24.3 Å². The summed E-state index contributed by atoms with van der Waals surface area (Å²) in [5, 5.41) is 0. The number of allylic oxidation sites excluding steroid dienone is 9. The van der Waals surface area contributed by atoms with E-state index >= 15 is 0 Å². The molecule has 1 aromatic carbocycles. The van der Waals surface area contributed by atoms with Gasteiger partial charge in [0.15, 0.2) is 0 Å². The molecule has 0 aromatic heterocycles. The van der Waals surface area contributed by atoms with E-state index in [0.29, 0.717) is 0 Å². The van der Waals surface area contributed by atoms with Crippen molar-refractivity contribution in [2.45, 2.75) is 6.42 Å². The highest BCUT2D eigenvalue weighted by atomic mass is 14.1. The Morgan fingerprint density at radius 1 is 0.579 bits per heavy atom.